The van der Waals surface area contributed by atoms with Crippen molar-refractivity contribution in [2.24, 2.45) is 0 Å². The molecule has 4 nitrogen and oxygen atoms in total. The van der Waals surface area contributed by atoms with Gasteiger partial charge in [-0.15, -0.1) is 0 Å². The second-order valence-electron chi connectivity index (χ2n) is 4.36. The number of hydrogen-bond acceptors (Lipinski definition) is 4. The van der Waals surface area contributed by atoms with Crippen LogP contribution in [0, 0.1) is 0 Å². The van der Waals surface area contributed by atoms with Crippen LogP contribution in [0.2, 0.25) is 15.1 Å². The Kier molecular flexibility index (Phi) is 7.45. The van der Waals surface area contributed by atoms with Gasteiger partial charge in [-0.25, -0.2) is 9.59 Å². The van der Waals surface area contributed by atoms with E-state index in [-0.39, 0.29) is 22.4 Å². The summed E-state index contributed by atoms with van der Waals surface area (Å²) in [5.74, 6) is -1.51. The lowest BCUT2D eigenvalue weighted by Gasteiger charge is -2.06. The lowest BCUT2D eigenvalue weighted by molar-refractivity contribution is -0.137. The fourth-order valence-electron chi connectivity index (χ4n) is 1.24. The van der Waals surface area contributed by atoms with Gasteiger partial charge in [0, 0.05) is 17.2 Å². The van der Waals surface area contributed by atoms with Crippen molar-refractivity contribution in [3.05, 3.63) is 51.0 Å². The molecule has 0 aromatic heterocycles. The van der Waals surface area contributed by atoms with Crippen molar-refractivity contribution in [3.63, 3.8) is 0 Å². The molecule has 0 atom stereocenters. The number of carbonyl (C=O) groups is 2. The zero-order chi connectivity index (χ0) is 16.7. The van der Waals surface area contributed by atoms with Crippen LogP contribution in [-0.2, 0) is 14.3 Å². The largest absolute Gasteiger partial charge is 0.458 e. The number of benzene rings is 1. The number of carbonyl (C=O) groups excluding carboxylic acids is 2. The van der Waals surface area contributed by atoms with Crippen LogP contribution in [0.5, 0.6) is 5.75 Å². The van der Waals surface area contributed by atoms with Gasteiger partial charge in [-0.05, 0) is 32.1 Å². The Morgan fingerprint density at radius 3 is 2.14 bits per heavy atom. The van der Waals surface area contributed by atoms with Gasteiger partial charge in [0.2, 0.25) is 0 Å². The molecule has 0 unspecified atom stereocenters. The molecule has 118 valence electrons. The Morgan fingerprint density at radius 1 is 1.05 bits per heavy atom. The number of allylic oxidation sites excluding steroid dienone is 1. The van der Waals surface area contributed by atoms with E-state index in [1.54, 1.807) is 6.08 Å². The highest BCUT2D eigenvalue weighted by molar-refractivity contribution is 6.40. The number of halogens is 3. The maximum atomic E-state index is 11.6. The van der Waals surface area contributed by atoms with E-state index >= 15 is 0 Å². The lowest BCUT2D eigenvalue weighted by atomic mass is 10.3. The summed E-state index contributed by atoms with van der Waals surface area (Å²) in [5.41, 5.74) is 1.02. The molecule has 0 aliphatic carbocycles. The average Bonchev–Trinajstić information content (AvgIpc) is 2.40. The van der Waals surface area contributed by atoms with E-state index in [1.807, 2.05) is 13.8 Å². The molecule has 0 aliphatic rings. The van der Waals surface area contributed by atoms with Crippen LogP contribution in [-0.4, -0.2) is 18.5 Å². The number of ether oxygens (including phenoxy) is 2. The molecule has 22 heavy (non-hydrogen) atoms. The maximum absolute atomic E-state index is 11.6. The van der Waals surface area contributed by atoms with Gasteiger partial charge in [-0.2, -0.15) is 0 Å². The Bertz CT molecular complexity index is 609. The number of hydrogen-bond donors (Lipinski definition) is 0. The molecule has 0 spiro atoms. The molecule has 1 aromatic carbocycles. The van der Waals surface area contributed by atoms with Gasteiger partial charge in [-0.1, -0.05) is 40.4 Å². The summed E-state index contributed by atoms with van der Waals surface area (Å²) in [7, 11) is 0. The Hall–Kier alpha value is -1.49. The monoisotopic (exact) mass is 362 g/mol. The second kappa shape index (κ2) is 8.83. The average molecular weight is 364 g/mol. The van der Waals surface area contributed by atoms with Crippen LogP contribution in [0.25, 0.3) is 0 Å². The van der Waals surface area contributed by atoms with Crippen LogP contribution in [0.4, 0.5) is 0 Å². The Balaban J connectivity index is 2.61. The van der Waals surface area contributed by atoms with E-state index in [9.17, 15) is 9.59 Å². The lowest BCUT2D eigenvalue weighted by Crippen LogP contribution is -2.07. The molecule has 0 saturated heterocycles. The molecule has 7 heteroatoms. The summed E-state index contributed by atoms with van der Waals surface area (Å²) in [6, 6.07) is 2.77. The topological polar surface area (TPSA) is 52.6 Å². The highest BCUT2D eigenvalue weighted by atomic mass is 35.5. The molecule has 0 aliphatic heterocycles. The first kappa shape index (κ1) is 18.6. The minimum atomic E-state index is -0.815. The molecule has 0 fully saturated rings. The van der Waals surface area contributed by atoms with Crippen molar-refractivity contribution in [2.75, 3.05) is 6.61 Å². The predicted octanol–water partition coefficient (Wildman–Crippen LogP) is 4.62. The summed E-state index contributed by atoms with van der Waals surface area (Å²) in [6.07, 6.45) is 3.61. The standard InChI is InChI=1S/C15H13Cl3O4/c1-9(2)5-6-21-13(19)3-4-14(20)22-15-11(17)7-10(16)8-12(15)18/h3-5,7-8H,6H2,1-2H3/b4-3+. The second-order valence-corrected chi connectivity index (χ2v) is 5.62. The van der Waals surface area contributed by atoms with Gasteiger partial charge < -0.3 is 9.47 Å². The van der Waals surface area contributed by atoms with E-state index in [1.165, 1.54) is 12.1 Å². The van der Waals surface area contributed by atoms with Gasteiger partial charge in [0.15, 0.2) is 5.75 Å². The van der Waals surface area contributed by atoms with E-state index < -0.39 is 11.9 Å². The molecule has 0 heterocycles. The van der Waals surface area contributed by atoms with Crippen molar-refractivity contribution in [2.45, 2.75) is 13.8 Å². The fraction of sp³-hybridized carbons (Fsp3) is 0.200. The molecule has 0 saturated carbocycles. The van der Waals surface area contributed by atoms with Crippen molar-refractivity contribution < 1.29 is 19.1 Å². The SMILES string of the molecule is CC(C)=CCOC(=O)/C=C/C(=O)Oc1c(Cl)cc(Cl)cc1Cl. The third kappa shape index (κ3) is 6.52. The van der Waals surface area contributed by atoms with Crippen molar-refractivity contribution in [1.82, 2.24) is 0 Å². The predicted molar refractivity (Wildman–Crippen MR) is 86.6 cm³/mol. The minimum Gasteiger partial charge on any atom is -0.458 e. The van der Waals surface area contributed by atoms with E-state index in [2.05, 4.69) is 0 Å². The van der Waals surface area contributed by atoms with E-state index in [0.717, 1.165) is 17.7 Å². The van der Waals surface area contributed by atoms with Crippen molar-refractivity contribution in [3.8, 4) is 5.75 Å². The first-order chi connectivity index (χ1) is 10.3. The third-order valence-electron chi connectivity index (χ3n) is 2.24. The highest BCUT2D eigenvalue weighted by Crippen LogP contribution is 2.35. The Morgan fingerprint density at radius 2 is 1.59 bits per heavy atom. The zero-order valence-corrected chi connectivity index (χ0v) is 14.1. The molecule has 0 radical (unpaired) electrons. The molecular formula is C15H13Cl3O4. The smallest absolute Gasteiger partial charge is 0.336 e. The van der Waals surface area contributed by atoms with Gasteiger partial charge in [0.1, 0.15) is 6.61 Å². The third-order valence-corrected chi connectivity index (χ3v) is 3.02. The quantitative estimate of drug-likeness (QED) is 0.331. The van der Waals surface area contributed by atoms with Crippen molar-refractivity contribution in [1.29, 1.82) is 0 Å². The normalized spacial score (nSPS) is 10.4. The fourth-order valence-corrected chi connectivity index (χ4v) is 2.13. The summed E-state index contributed by atoms with van der Waals surface area (Å²) in [6.45, 7) is 3.89. The van der Waals surface area contributed by atoms with Crippen LogP contribution < -0.4 is 4.74 Å². The maximum Gasteiger partial charge on any atom is 0.336 e. The van der Waals surface area contributed by atoms with E-state index in [4.69, 9.17) is 44.3 Å². The van der Waals surface area contributed by atoms with Gasteiger partial charge >= 0.3 is 11.9 Å². The summed E-state index contributed by atoms with van der Waals surface area (Å²) < 4.78 is 9.79. The highest BCUT2D eigenvalue weighted by Gasteiger charge is 2.12. The van der Waals surface area contributed by atoms with Gasteiger partial charge in [0.25, 0.3) is 0 Å². The summed E-state index contributed by atoms with van der Waals surface area (Å²) in [5, 5.41) is 0.490. The van der Waals surface area contributed by atoms with E-state index in [0.29, 0.717) is 5.02 Å². The zero-order valence-electron chi connectivity index (χ0n) is 11.9. The van der Waals surface area contributed by atoms with Gasteiger partial charge in [0.05, 0.1) is 10.0 Å². The minimum absolute atomic E-state index is 0.0275. The summed E-state index contributed by atoms with van der Waals surface area (Å²) in [4.78, 5) is 23.0. The molecular weight excluding hydrogens is 351 g/mol. The molecule has 1 aromatic rings. The molecule has 0 bridgehead atoms. The molecule has 0 N–H and O–H groups in total. The van der Waals surface area contributed by atoms with Crippen molar-refractivity contribution >= 4 is 46.7 Å². The van der Waals surface area contributed by atoms with Crippen LogP contribution in [0.3, 0.4) is 0 Å². The first-order valence-corrected chi connectivity index (χ1v) is 7.27. The van der Waals surface area contributed by atoms with Gasteiger partial charge in [-0.3, -0.25) is 0 Å². The van der Waals surface area contributed by atoms with Crippen LogP contribution in [0.1, 0.15) is 13.8 Å². The first-order valence-electron chi connectivity index (χ1n) is 6.14. The molecule has 0 amide bonds. The molecule has 1 rings (SSSR count). The van der Waals surface area contributed by atoms with Crippen LogP contribution in [0.15, 0.2) is 35.9 Å². The Labute approximate surface area is 143 Å². The summed E-state index contributed by atoms with van der Waals surface area (Å²) >= 11 is 17.5. The number of rotatable bonds is 5. The van der Waals surface area contributed by atoms with Crippen LogP contribution >= 0.6 is 34.8 Å². The number of esters is 2.